The molecule has 1 rings (SSSR count). The number of urea groups is 1. The average Bonchev–Trinajstić information content (AvgIpc) is 2.30. The van der Waals surface area contributed by atoms with E-state index < -0.39 is 12.0 Å². The van der Waals surface area contributed by atoms with Gasteiger partial charge in [0.2, 0.25) is 0 Å². The lowest BCUT2D eigenvalue weighted by Gasteiger charge is -2.37. The van der Waals surface area contributed by atoms with Gasteiger partial charge >= 0.3 is 12.0 Å². The van der Waals surface area contributed by atoms with Crippen LogP contribution in [0.3, 0.4) is 0 Å². The Bertz CT molecular complexity index is 333. The highest BCUT2D eigenvalue weighted by Gasteiger charge is 2.30. The highest BCUT2D eigenvalue weighted by molar-refractivity contribution is 5.82. The van der Waals surface area contributed by atoms with Crippen LogP contribution in [0.2, 0.25) is 0 Å². The van der Waals surface area contributed by atoms with Crippen molar-refractivity contribution in [3.05, 3.63) is 0 Å². The monoisotopic (exact) mass is 272 g/mol. The highest BCUT2D eigenvalue weighted by Crippen LogP contribution is 2.12. The van der Waals surface area contributed by atoms with Gasteiger partial charge in [-0.25, -0.2) is 9.59 Å². The van der Waals surface area contributed by atoms with Crippen molar-refractivity contribution in [1.29, 1.82) is 0 Å². The molecule has 19 heavy (non-hydrogen) atoms. The van der Waals surface area contributed by atoms with Gasteiger partial charge in [-0.2, -0.15) is 0 Å². The van der Waals surface area contributed by atoms with E-state index in [1.165, 1.54) is 0 Å². The summed E-state index contributed by atoms with van der Waals surface area (Å²) in [5, 5.41) is 11.7. The number of morpholine rings is 1. The van der Waals surface area contributed by atoms with Crippen LogP contribution < -0.4 is 5.32 Å². The molecule has 1 saturated heterocycles. The van der Waals surface area contributed by atoms with E-state index in [4.69, 9.17) is 9.84 Å². The summed E-state index contributed by atoms with van der Waals surface area (Å²) in [5.74, 6) is -0.779. The highest BCUT2D eigenvalue weighted by atomic mass is 16.5. The van der Waals surface area contributed by atoms with E-state index in [9.17, 15) is 9.59 Å². The minimum absolute atomic E-state index is 0.0182. The van der Waals surface area contributed by atoms with E-state index in [0.717, 1.165) is 0 Å². The summed E-state index contributed by atoms with van der Waals surface area (Å²) >= 11 is 0. The number of hydrogen-bond acceptors (Lipinski definition) is 3. The van der Waals surface area contributed by atoms with Gasteiger partial charge in [0.05, 0.1) is 18.8 Å². The van der Waals surface area contributed by atoms with Crippen molar-refractivity contribution in [2.24, 2.45) is 5.92 Å². The number of carboxylic acids is 1. The largest absolute Gasteiger partial charge is 0.480 e. The third-order valence-electron chi connectivity index (χ3n) is 3.17. The summed E-state index contributed by atoms with van der Waals surface area (Å²) in [5.41, 5.74) is 0. The number of carbonyl (C=O) groups is 2. The Morgan fingerprint density at radius 3 is 2.58 bits per heavy atom. The number of amides is 2. The molecule has 0 aromatic heterocycles. The van der Waals surface area contributed by atoms with Gasteiger partial charge in [0.25, 0.3) is 0 Å². The standard InChI is InChI=1S/C13H24N2O4/c1-8(2)5-11(12(16)17)14-13(18)15-6-10(4)19-7-9(15)3/h8-11H,5-7H2,1-4H3,(H,14,18)(H,16,17). The second-order valence-electron chi connectivity index (χ2n) is 5.62. The van der Waals surface area contributed by atoms with Gasteiger partial charge in [-0.1, -0.05) is 13.8 Å². The van der Waals surface area contributed by atoms with Crippen molar-refractivity contribution in [3.8, 4) is 0 Å². The van der Waals surface area contributed by atoms with Crippen LogP contribution >= 0.6 is 0 Å². The molecule has 0 bridgehead atoms. The van der Waals surface area contributed by atoms with Crippen LogP contribution in [0.1, 0.15) is 34.1 Å². The summed E-state index contributed by atoms with van der Waals surface area (Å²) in [6.45, 7) is 8.62. The zero-order chi connectivity index (χ0) is 14.6. The van der Waals surface area contributed by atoms with Crippen molar-refractivity contribution in [3.63, 3.8) is 0 Å². The summed E-state index contributed by atoms with van der Waals surface area (Å²) < 4.78 is 5.45. The molecule has 1 heterocycles. The van der Waals surface area contributed by atoms with Gasteiger partial charge in [-0.3, -0.25) is 0 Å². The van der Waals surface area contributed by atoms with Gasteiger partial charge in [0.15, 0.2) is 0 Å². The third kappa shape index (κ3) is 4.70. The molecule has 0 aliphatic carbocycles. The summed E-state index contributed by atoms with van der Waals surface area (Å²) in [6, 6.07) is -1.20. The first kappa shape index (κ1) is 15.8. The summed E-state index contributed by atoms with van der Waals surface area (Å²) in [6.07, 6.45) is 0.408. The van der Waals surface area contributed by atoms with Crippen molar-refractivity contribution < 1.29 is 19.4 Å². The van der Waals surface area contributed by atoms with Crippen LogP contribution in [-0.4, -0.2) is 53.3 Å². The molecule has 3 atom stereocenters. The van der Waals surface area contributed by atoms with Gasteiger partial charge in [-0.05, 0) is 26.2 Å². The van der Waals surface area contributed by atoms with Crippen molar-refractivity contribution in [2.45, 2.75) is 52.3 Å². The zero-order valence-corrected chi connectivity index (χ0v) is 12.0. The first-order valence-electron chi connectivity index (χ1n) is 6.72. The Balaban J connectivity index is 2.62. The fourth-order valence-electron chi connectivity index (χ4n) is 2.11. The molecule has 0 aromatic carbocycles. The number of nitrogens with one attached hydrogen (secondary N) is 1. The predicted molar refractivity (Wildman–Crippen MR) is 71.0 cm³/mol. The summed E-state index contributed by atoms with van der Waals surface area (Å²) in [7, 11) is 0. The van der Waals surface area contributed by atoms with Crippen molar-refractivity contribution in [1.82, 2.24) is 10.2 Å². The minimum atomic E-state index is -0.990. The van der Waals surface area contributed by atoms with Gasteiger partial charge in [0, 0.05) is 6.54 Å². The first-order chi connectivity index (χ1) is 8.81. The quantitative estimate of drug-likeness (QED) is 0.808. The number of rotatable bonds is 4. The first-order valence-corrected chi connectivity index (χ1v) is 6.72. The SMILES string of the molecule is CC(C)CC(NC(=O)N1CC(C)OCC1C)C(=O)O. The second kappa shape index (κ2) is 6.75. The van der Waals surface area contributed by atoms with Crippen LogP contribution in [0.25, 0.3) is 0 Å². The molecule has 110 valence electrons. The normalized spacial score (nSPS) is 25.2. The second-order valence-corrected chi connectivity index (χ2v) is 5.62. The van der Waals surface area contributed by atoms with E-state index in [1.54, 1.807) is 4.90 Å². The number of hydrogen-bond donors (Lipinski definition) is 2. The number of nitrogens with zero attached hydrogens (tertiary/aromatic N) is 1. The molecule has 0 spiro atoms. The zero-order valence-electron chi connectivity index (χ0n) is 12.0. The molecular weight excluding hydrogens is 248 g/mol. The topological polar surface area (TPSA) is 78.9 Å². The third-order valence-corrected chi connectivity index (χ3v) is 3.17. The molecular formula is C13H24N2O4. The summed E-state index contributed by atoms with van der Waals surface area (Å²) in [4.78, 5) is 24.9. The van der Waals surface area contributed by atoms with E-state index in [1.807, 2.05) is 27.7 Å². The fraction of sp³-hybridized carbons (Fsp3) is 0.846. The molecule has 0 radical (unpaired) electrons. The Hall–Kier alpha value is -1.30. The van der Waals surface area contributed by atoms with Crippen LogP contribution in [0.15, 0.2) is 0 Å². The van der Waals surface area contributed by atoms with Gasteiger partial charge < -0.3 is 20.1 Å². The lowest BCUT2D eigenvalue weighted by molar-refractivity contribution is -0.139. The van der Waals surface area contributed by atoms with Crippen LogP contribution in [0.4, 0.5) is 4.79 Å². The maximum absolute atomic E-state index is 12.1. The molecule has 0 aromatic rings. The lowest BCUT2D eigenvalue weighted by atomic mass is 10.0. The number of ether oxygens (including phenoxy) is 1. The van der Waals surface area contributed by atoms with E-state index in [2.05, 4.69) is 5.32 Å². The van der Waals surface area contributed by atoms with Crippen LogP contribution in [-0.2, 0) is 9.53 Å². The number of aliphatic carboxylic acids is 1. The smallest absolute Gasteiger partial charge is 0.326 e. The molecule has 6 nitrogen and oxygen atoms in total. The lowest BCUT2D eigenvalue weighted by Crippen LogP contribution is -2.56. The maximum atomic E-state index is 12.1. The molecule has 1 fully saturated rings. The molecule has 2 N–H and O–H groups in total. The fourth-order valence-corrected chi connectivity index (χ4v) is 2.11. The Morgan fingerprint density at radius 2 is 2.05 bits per heavy atom. The van der Waals surface area contributed by atoms with Crippen LogP contribution in [0, 0.1) is 5.92 Å². The maximum Gasteiger partial charge on any atom is 0.326 e. The molecule has 0 saturated carbocycles. The van der Waals surface area contributed by atoms with Crippen molar-refractivity contribution >= 4 is 12.0 Å². The van der Waals surface area contributed by atoms with Gasteiger partial charge in [-0.15, -0.1) is 0 Å². The van der Waals surface area contributed by atoms with E-state index in [0.29, 0.717) is 19.6 Å². The molecule has 2 amide bonds. The Kier molecular flexibility index (Phi) is 5.60. The molecule has 1 aliphatic rings. The van der Waals surface area contributed by atoms with Gasteiger partial charge in [0.1, 0.15) is 6.04 Å². The molecule has 3 unspecified atom stereocenters. The predicted octanol–water partition coefficient (Wildman–Crippen LogP) is 1.30. The Morgan fingerprint density at radius 1 is 1.42 bits per heavy atom. The number of carboxylic acid groups (broad SMARTS) is 1. The van der Waals surface area contributed by atoms with E-state index in [-0.39, 0.29) is 24.1 Å². The molecule has 6 heteroatoms. The Labute approximate surface area is 114 Å². The minimum Gasteiger partial charge on any atom is -0.480 e. The number of carbonyl (C=O) groups excluding carboxylic acids is 1. The van der Waals surface area contributed by atoms with Crippen molar-refractivity contribution in [2.75, 3.05) is 13.2 Å². The average molecular weight is 272 g/mol. The van der Waals surface area contributed by atoms with Crippen LogP contribution in [0.5, 0.6) is 0 Å². The van der Waals surface area contributed by atoms with E-state index >= 15 is 0 Å². The molecule has 1 aliphatic heterocycles.